The first-order valence-electron chi connectivity index (χ1n) is 11.9. The summed E-state index contributed by atoms with van der Waals surface area (Å²) < 4.78 is 6.04. The fraction of sp³-hybridized carbons (Fsp3) is 0.200. The van der Waals surface area contributed by atoms with Crippen molar-refractivity contribution in [3.05, 3.63) is 95.4 Å². The molecule has 7 nitrogen and oxygen atoms in total. The van der Waals surface area contributed by atoms with Gasteiger partial charge in [0.2, 0.25) is 11.8 Å². The Bertz CT molecular complexity index is 1520. The van der Waals surface area contributed by atoms with Gasteiger partial charge in [0, 0.05) is 11.1 Å². The van der Waals surface area contributed by atoms with Crippen LogP contribution < -0.4 is 11.1 Å². The van der Waals surface area contributed by atoms with E-state index < -0.39 is 5.54 Å². The van der Waals surface area contributed by atoms with Gasteiger partial charge in [-0.3, -0.25) is 4.79 Å². The summed E-state index contributed by atoms with van der Waals surface area (Å²) in [5.41, 5.74) is 9.49. The highest BCUT2D eigenvalue weighted by Gasteiger charge is 2.29. The van der Waals surface area contributed by atoms with Crippen LogP contribution in [-0.4, -0.2) is 22.1 Å². The molecule has 0 saturated heterocycles. The Kier molecular flexibility index (Phi) is 7.48. The van der Waals surface area contributed by atoms with E-state index in [1.807, 2.05) is 62.4 Å². The molecule has 1 aromatic heterocycles. The van der Waals surface area contributed by atoms with Gasteiger partial charge in [0.25, 0.3) is 5.91 Å². The third-order valence-electron chi connectivity index (χ3n) is 5.84. The molecule has 37 heavy (non-hydrogen) atoms. The van der Waals surface area contributed by atoms with Crippen molar-refractivity contribution < 1.29 is 9.21 Å². The predicted octanol–water partition coefficient (Wildman–Crippen LogP) is 4.83. The van der Waals surface area contributed by atoms with E-state index in [0.717, 1.165) is 5.56 Å². The molecule has 0 bridgehead atoms. The van der Waals surface area contributed by atoms with Crippen molar-refractivity contribution in [1.82, 2.24) is 15.5 Å². The smallest absolute Gasteiger partial charge is 0.252 e. The van der Waals surface area contributed by atoms with E-state index >= 15 is 0 Å². The normalized spacial score (nSPS) is 12.9. The van der Waals surface area contributed by atoms with Gasteiger partial charge in [-0.1, -0.05) is 54.5 Å². The van der Waals surface area contributed by atoms with Gasteiger partial charge >= 0.3 is 0 Å². The molecule has 3 N–H and O–H groups in total. The summed E-state index contributed by atoms with van der Waals surface area (Å²) in [6.45, 7) is 5.37. The van der Waals surface area contributed by atoms with Crippen LogP contribution in [0.25, 0.3) is 22.6 Å². The number of nitrogens with zero attached hydrogens (tertiary/aromatic N) is 3. The zero-order chi connectivity index (χ0) is 26.4. The molecule has 0 spiro atoms. The van der Waals surface area contributed by atoms with Gasteiger partial charge in [0.1, 0.15) is 0 Å². The lowest BCUT2D eigenvalue weighted by atomic mass is 9.94. The highest BCUT2D eigenvalue weighted by Crippen LogP contribution is 2.31. The number of carbonyl (C=O) groups is 1. The SMILES string of the molecule is CC#C[C@@H](C)NC(=O)c1cc(-c2nnc([C@](C)(N)Cc3ccccc3)o2)cc(-c2ccccc2C#N)c1. The number of nitrogens with two attached hydrogens (primary N) is 1. The molecule has 7 heteroatoms. The van der Waals surface area contributed by atoms with Crippen LogP contribution in [0, 0.1) is 23.2 Å². The summed E-state index contributed by atoms with van der Waals surface area (Å²) in [5, 5.41) is 21.0. The van der Waals surface area contributed by atoms with Crippen molar-refractivity contribution in [3.8, 4) is 40.5 Å². The summed E-state index contributed by atoms with van der Waals surface area (Å²) in [4.78, 5) is 13.1. The maximum Gasteiger partial charge on any atom is 0.252 e. The average Bonchev–Trinajstić information content (AvgIpc) is 3.40. The highest BCUT2D eigenvalue weighted by atomic mass is 16.4. The van der Waals surface area contributed by atoms with Crippen molar-refractivity contribution >= 4 is 5.91 Å². The van der Waals surface area contributed by atoms with Gasteiger partial charge < -0.3 is 15.5 Å². The second-order valence-electron chi connectivity index (χ2n) is 9.04. The number of nitriles is 1. The number of benzene rings is 3. The second-order valence-corrected chi connectivity index (χ2v) is 9.04. The maximum atomic E-state index is 13.1. The van der Waals surface area contributed by atoms with Gasteiger partial charge in [-0.15, -0.1) is 16.1 Å². The molecule has 4 rings (SSSR count). The van der Waals surface area contributed by atoms with E-state index in [1.54, 1.807) is 31.2 Å². The van der Waals surface area contributed by atoms with E-state index in [-0.39, 0.29) is 23.7 Å². The van der Waals surface area contributed by atoms with E-state index in [2.05, 4.69) is 33.4 Å². The molecule has 0 saturated carbocycles. The topological polar surface area (TPSA) is 118 Å². The van der Waals surface area contributed by atoms with Gasteiger partial charge in [-0.25, -0.2) is 0 Å². The van der Waals surface area contributed by atoms with Crippen molar-refractivity contribution in [2.45, 2.75) is 38.8 Å². The summed E-state index contributed by atoms with van der Waals surface area (Å²) in [6, 6.07) is 24.2. The molecule has 0 aliphatic heterocycles. The Hall–Kier alpha value is -4.72. The molecule has 3 aromatic carbocycles. The lowest BCUT2D eigenvalue weighted by molar-refractivity contribution is 0.0948. The third kappa shape index (κ3) is 5.92. The van der Waals surface area contributed by atoms with Crippen molar-refractivity contribution in [3.63, 3.8) is 0 Å². The van der Waals surface area contributed by atoms with Crippen molar-refractivity contribution in [2.75, 3.05) is 0 Å². The van der Waals surface area contributed by atoms with Gasteiger partial charge in [0.15, 0.2) is 0 Å². The van der Waals surface area contributed by atoms with Crippen LogP contribution in [0.5, 0.6) is 0 Å². The Morgan fingerprint density at radius 1 is 1.08 bits per heavy atom. The second kappa shape index (κ2) is 10.9. The van der Waals surface area contributed by atoms with Crippen molar-refractivity contribution in [1.29, 1.82) is 5.26 Å². The summed E-state index contributed by atoms with van der Waals surface area (Å²) >= 11 is 0. The van der Waals surface area contributed by atoms with Crippen LogP contribution in [0.3, 0.4) is 0 Å². The van der Waals surface area contributed by atoms with E-state index in [4.69, 9.17) is 10.2 Å². The van der Waals surface area contributed by atoms with E-state index in [9.17, 15) is 10.1 Å². The van der Waals surface area contributed by atoms with Crippen LogP contribution in [0.1, 0.15) is 48.1 Å². The summed E-state index contributed by atoms with van der Waals surface area (Å²) in [5.74, 6) is 5.93. The minimum absolute atomic E-state index is 0.228. The molecule has 0 aliphatic rings. The van der Waals surface area contributed by atoms with Crippen molar-refractivity contribution in [2.24, 2.45) is 5.73 Å². The zero-order valence-electron chi connectivity index (χ0n) is 20.9. The number of aromatic nitrogens is 2. The maximum absolute atomic E-state index is 13.1. The molecule has 1 heterocycles. The first-order valence-corrected chi connectivity index (χ1v) is 11.9. The average molecular weight is 490 g/mol. The number of amides is 1. The minimum atomic E-state index is -0.897. The summed E-state index contributed by atoms with van der Waals surface area (Å²) in [7, 11) is 0. The Morgan fingerprint density at radius 2 is 1.78 bits per heavy atom. The lowest BCUT2D eigenvalue weighted by Gasteiger charge is -2.20. The number of rotatable bonds is 7. The third-order valence-corrected chi connectivity index (χ3v) is 5.84. The van der Waals surface area contributed by atoms with Gasteiger partial charge in [0.05, 0.1) is 23.2 Å². The number of hydrogen-bond acceptors (Lipinski definition) is 6. The number of carbonyl (C=O) groups excluding carboxylic acids is 1. The first-order chi connectivity index (χ1) is 17.8. The molecule has 2 atom stereocenters. The molecule has 0 unspecified atom stereocenters. The lowest BCUT2D eigenvalue weighted by Crippen LogP contribution is -2.35. The zero-order valence-corrected chi connectivity index (χ0v) is 20.9. The first kappa shape index (κ1) is 25.4. The monoisotopic (exact) mass is 489 g/mol. The van der Waals surface area contributed by atoms with Gasteiger partial charge in [-0.2, -0.15) is 5.26 Å². The van der Waals surface area contributed by atoms with E-state index in [0.29, 0.717) is 34.2 Å². The van der Waals surface area contributed by atoms with Crippen LogP contribution in [0.4, 0.5) is 0 Å². The predicted molar refractivity (Wildman–Crippen MR) is 142 cm³/mol. The fourth-order valence-electron chi connectivity index (χ4n) is 4.07. The number of nitrogens with one attached hydrogen (secondary N) is 1. The molecule has 184 valence electrons. The molecular formula is C30H27N5O2. The number of hydrogen-bond donors (Lipinski definition) is 2. The van der Waals surface area contributed by atoms with Crippen LogP contribution in [-0.2, 0) is 12.0 Å². The quantitative estimate of drug-likeness (QED) is 0.359. The molecular weight excluding hydrogens is 462 g/mol. The van der Waals surface area contributed by atoms with Gasteiger partial charge in [-0.05, 0) is 68.1 Å². The standard InChI is InChI=1S/C30H27N5O2/c1-4-10-20(2)33-27(36)24-15-23(26-14-9-8-13-22(26)19-31)16-25(17-24)28-34-35-29(37-28)30(3,32)18-21-11-6-5-7-12-21/h5-9,11-17,20H,18,32H2,1-3H3,(H,33,36)/t20-,30-/m1/s1. The van der Waals surface area contributed by atoms with E-state index in [1.165, 1.54) is 0 Å². The fourth-order valence-corrected chi connectivity index (χ4v) is 4.07. The molecule has 4 aromatic rings. The minimum Gasteiger partial charge on any atom is -0.419 e. The van der Waals surface area contributed by atoms with Crippen LogP contribution in [0.15, 0.2) is 77.2 Å². The van der Waals surface area contributed by atoms with Crippen LogP contribution >= 0.6 is 0 Å². The molecule has 0 radical (unpaired) electrons. The Labute approximate surface area is 216 Å². The molecule has 0 aliphatic carbocycles. The highest BCUT2D eigenvalue weighted by molar-refractivity contribution is 5.97. The molecule has 0 fully saturated rings. The Balaban J connectivity index is 1.75. The molecule has 1 amide bonds. The summed E-state index contributed by atoms with van der Waals surface area (Å²) in [6.07, 6.45) is 0.509. The Morgan fingerprint density at radius 3 is 2.51 bits per heavy atom. The largest absolute Gasteiger partial charge is 0.419 e. The van der Waals surface area contributed by atoms with Crippen LogP contribution in [0.2, 0.25) is 0 Å².